The third-order valence-corrected chi connectivity index (χ3v) is 1.14. The average Bonchev–Trinajstić information content (AvgIpc) is 1.85. The quantitative estimate of drug-likeness (QED) is 0.506. The summed E-state index contributed by atoms with van der Waals surface area (Å²) < 4.78 is 0. The van der Waals surface area contributed by atoms with Crippen molar-refractivity contribution in [2.24, 2.45) is 5.73 Å². The molecule has 0 unspecified atom stereocenters. The molecule has 0 aliphatic rings. The Morgan fingerprint density at radius 1 is 1.70 bits per heavy atom. The number of hydrogen-bond donors (Lipinski definition) is 3. The first-order chi connectivity index (χ1) is 4.66. The molecule has 0 saturated heterocycles. The Morgan fingerprint density at radius 2 is 2.30 bits per heavy atom. The van der Waals surface area contributed by atoms with Crippen molar-refractivity contribution in [3.8, 4) is 0 Å². The van der Waals surface area contributed by atoms with Gasteiger partial charge in [0, 0.05) is 12.6 Å². The van der Waals surface area contributed by atoms with Crippen LogP contribution in [0.2, 0.25) is 0 Å². The number of carbonyl (C=O) groups is 1. The molecule has 0 bridgehead atoms. The summed E-state index contributed by atoms with van der Waals surface area (Å²) in [6.45, 7) is 5.49. The molecule has 0 fully saturated rings. The maximum absolute atomic E-state index is 10.2. The number of likely N-dealkylation sites (N-methyl/N-ethyl adjacent to an activating group) is 1. The minimum Gasteiger partial charge on any atom is -0.352 e. The first kappa shape index (κ1) is 9.23. The zero-order valence-corrected chi connectivity index (χ0v) is 6.48. The Labute approximate surface area is 61.2 Å². The summed E-state index contributed by atoms with van der Waals surface area (Å²) in [6.07, 6.45) is 0. The first-order valence-corrected chi connectivity index (χ1v) is 3.43. The van der Waals surface area contributed by atoms with Gasteiger partial charge in [0.25, 0.3) is 0 Å². The lowest BCUT2D eigenvalue weighted by molar-refractivity contribution is 0.248. The van der Waals surface area contributed by atoms with E-state index in [4.69, 9.17) is 5.73 Å². The molecule has 0 heterocycles. The van der Waals surface area contributed by atoms with Crippen LogP contribution in [-0.4, -0.2) is 25.2 Å². The molecular weight excluding hydrogens is 130 g/mol. The Hall–Kier alpha value is -0.770. The van der Waals surface area contributed by atoms with Gasteiger partial charge in [-0.2, -0.15) is 0 Å². The van der Waals surface area contributed by atoms with E-state index in [9.17, 15) is 4.79 Å². The van der Waals surface area contributed by atoms with Gasteiger partial charge in [-0.15, -0.1) is 0 Å². The van der Waals surface area contributed by atoms with Gasteiger partial charge in [0.2, 0.25) is 0 Å². The minimum atomic E-state index is -0.468. The molecule has 2 amide bonds. The molecule has 0 aliphatic heterocycles. The molecule has 0 radical (unpaired) electrons. The molecule has 1 atom stereocenters. The second kappa shape index (κ2) is 5.05. The predicted octanol–water partition coefficient (Wildman–Crippen LogP) is -0.347. The summed E-state index contributed by atoms with van der Waals surface area (Å²) in [4.78, 5) is 10.2. The number of rotatable bonds is 4. The zero-order chi connectivity index (χ0) is 7.98. The van der Waals surface area contributed by atoms with Crippen LogP contribution < -0.4 is 16.4 Å². The van der Waals surface area contributed by atoms with E-state index in [1.54, 1.807) is 0 Å². The highest BCUT2D eigenvalue weighted by molar-refractivity contribution is 5.71. The Morgan fingerprint density at radius 3 is 2.70 bits per heavy atom. The summed E-state index contributed by atoms with van der Waals surface area (Å²) in [5.41, 5.74) is 4.86. The summed E-state index contributed by atoms with van der Waals surface area (Å²) in [5, 5.41) is 5.64. The lowest BCUT2D eigenvalue weighted by Crippen LogP contribution is -2.40. The van der Waals surface area contributed by atoms with Gasteiger partial charge in [-0.3, -0.25) is 0 Å². The molecule has 0 rings (SSSR count). The first-order valence-electron chi connectivity index (χ1n) is 3.43. The Balaban J connectivity index is 3.21. The highest BCUT2D eigenvalue weighted by Crippen LogP contribution is 1.75. The van der Waals surface area contributed by atoms with E-state index in [2.05, 4.69) is 10.6 Å². The molecule has 4 nitrogen and oxygen atoms in total. The number of nitrogens with two attached hydrogens (primary N) is 1. The number of nitrogens with one attached hydrogen (secondary N) is 2. The summed E-state index contributed by atoms with van der Waals surface area (Å²) in [6, 6.07) is -0.178. The Kier molecular flexibility index (Phi) is 4.66. The smallest absolute Gasteiger partial charge is 0.312 e. The van der Waals surface area contributed by atoms with Gasteiger partial charge in [-0.25, -0.2) is 4.79 Å². The van der Waals surface area contributed by atoms with Crippen LogP contribution in [0.3, 0.4) is 0 Å². The van der Waals surface area contributed by atoms with Crippen LogP contribution in [0.5, 0.6) is 0 Å². The maximum atomic E-state index is 10.2. The molecule has 60 valence electrons. The van der Waals surface area contributed by atoms with Crippen molar-refractivity contribution in [2.75, 3.05) is 13.1 Å². The van der Waals surface area contributed by atoms with Crippen LogP contribution in [-0.2, 0) is 0 Å². The van der Waals surface area contributed by atoms with Gasteiger partial charge in [-0.1, -0.05) is 6.92 Å². The molecule has 0 aromatic carbocycles. The number of amides is 2. The van der Waals surface area contributed by atoms with E-state index in [0.717, 1.165) is 6.54 Å². The van der Waals surface area contributed by atoms with Crippen LogP contribution in [0.1, 0.15) is 13.8 Å². The number of hydrogen-bond acceptors (Lipinski definition) is 2. The molecule has 0 aromatic heterocycles. The molecule has 0 spiro atoms. The van der Waals surface area contributed by atoms with Crippen molar-refractivity contribution in [2.45, 2.75) is 19.9 Å². The lowest BCUT2D eigenvalue weighted by Gasteiger charge is -2.11. The van der Waals surface area contributed by atoms with Crippen molar-refractivity contribution >= 4 is 6.03 Å². The van der Waals surface area contributed by atoms with Gasteiger partial charge in [0.1, 0.15) is 0 Å². The lowest BCUT2D eigenvalue weighted by atomic mass is 10.3. The molecule has 10 heavy (non-hydrogen) atoms. The largest absolute Gasteiger partial charge is 0.352 e. The van der Waals surface area contributed by atoms with Crippen molar-refractivity contribution in [1.29, 1.82) is 0 Å². The third-order valence-electron chi connectivity index (χ3n) is 1.14. The van der Waals surface area contributed by atoms with Crippen molar-refractivity contribution < 1.29 is 4.79 Å². The fourth-order valence-corrected chi connectivity index (χ4v) is 0.674. The number of carbonyl (C=O) groups excluding carboxylic acids is 1. The van der Waals surface area contributed by atoms with Crippen molar-refractivity contribution in [1.82, 2.24) is 10.6 Å². The van der Waals surface area contributed by atoms with E-state index in [-0.39, 0.29) is 6.04 Å². The van der Waals surface area contributed by atoms with Crippen LogP contribution in [0, 0.1) is 0 Å². The minimum absolute atomic E-state index is 0.289. The monoisotopic (exact) mass is 145 g/mol. The average molecular weight is 145 g/mol. The fourth-order valence-electron chi connectivity index (χ4n) is 0.674. The van der Waals surface area contributed by atoms with E-state index < -0.39 is 6.03 Å². The number of urea groups is 1. The summed E-state index contributed by atoms with van der Waals surface area (Å²) >= 11 is 0. The van der Waals surface area contributed by atoms with Gasteiger partial charge < -0.3 is 16.4 Å². The molecule has 0 aliphatic carbocycles. The highest BCUT2D eigenvalue weighted by Gasteiger charge is 1.98. The highest BCUT2D eigenvalue weighted by atomic mass is 16.2. The van der Waals surface area contributed by atoms with E-state index in [1.807, 2.05) is 13.8 Å². The standard InChI is InChI=1S/C6H15N3O/c1-3-8-5(2)4-9-6(7)10/h5,8H,3-4H2,1-2H3,(H3,7,9,10)/t5-/m0/s1. The molecular formula is C6H15N3O. The third kappa shape index (κ3) is 5.37. The van der Waals surface area contributed by atoms with Crippen molar-refractivity contribution in [3.05, 3.63) is 0 Å². The van der Waals surface area contributed by atoms with Crippen molar-refractivity contribution in [3.63, 3.8) is 0 Å². The predicted molar refractivity (Wildman–Crippen MR) is 40.7 cm³/mol. The summed E-state index contributed by atoms with van der Waals surface area (Å²) in [7, 11) is 0. The topological polar surface area (TPSA) is 67.2 Å². The fraction of sp³-hybridized carbons (Fsp3) is 0.833. The van der Waals surface area contributed by atoms with Crippen LogP contribution in [0.4, 0.5) is 4.79 Å². The molecule has 4 N–H and O–H groups in total. The van der Waals surface area contributed by atoms with Crippen LogP contribution in [0.15, 0.2) is 0 Å². The van der Waals surface area contributed by atoms with Gasteiger partial charge in [0.15, 0.2) is 0 Å². The molecule has 0 saturated carbocycles. The Bertz CT molecular complexity index is 105. The van der Waals surface area contributed by atoms with Crippen LogP contribution >= 0.6 is 0 Å². The maximum Gasteiger partial charge on any atom is 0.312 e. The SMILES string of the molecule is CCN[C@@H](C)CNC(N)=O. The van der Waals surface area contributed by atoms with Gasteiger partial charge >= 0.3 is 6.03 Å². The zero-order valence-electron chi connectivity index (χ0n) is 6.48. The van der Waals surface area contributed by atoms with E-state index >= 15 is 0 Å². The van der Waals surface area contributed by atoms with E-state index in [1.165, 1.54) is 0 Å². The summed E-state index contributed by atoms with van der Waals surface area (Å²) in [5.74, 6) is 0. The van der Waals surface area contributed by atoms with Gasteiger partial charge in [-0.05, 0) is 13.5 Å². The second-order valence-corrected chi connectivity index (χ2v) is 2.20. The van der Waals surface area contributed by atoms with Crippen LogP contribution in [0.25, 0.3) is 0 Å². The molecule has 4 heteroatoms. The van der Waals surface area contributed by atoms with Gasteiger partial charge in [0.05, 0.1) is 0 Å². The molecule has 0 aromatic rings. The second-order valence-electron chi connectivity index (χ2n) is 2.20. The normalized spacial score (nSPS) is 12.6. The number of primary amides is 1. The van der Waals surface area contributed by atoms with E-state index in [0.29, 0.717) is 6.54 Å².